The van der Waals surface area contributed by atoms with Crippen molar-refractivity contribution in [3.63, 3.8) is 0 Å². The summed E-state index contributed by atoms with van der Waals surface area (Å²) in [7, 11) is 0. The van der Waals surface area contributed by atoms with Crippen LogP contribution in [0.25, 0.3) is 21.5 Å². The van der Waals surface area contributed by atoms with Gasteiger partial charge in [-0.1, -0.05) is 42.5 Å². The van der Waals surface area contributed by atoms with Crippen molar-refractivity contribution in [2.75, 3.05) is 13.2 Å². The fourth-order valence-corrected chi connectivity index (χ4v) is 3.08. The molecule has 1 fully saturated rings. The van der Waals surface area contributed by atoms with Gasteiger partial charge in [0, 0.05) is 0 Å². The van der Waals surface area contributed by atoms with E-state index in [9.17, 15) is 0 Å². The van der Waals surface area contributed by atoms with Crippen molar-refractivity contribution in [1.29, 1.82) is 0 Å². The van der Waals surface area contributed by atoms with Crippen LogP contribution in [0.1, 0.15) is 0 Å². The average Bonchev–Trinajstić information content (AvgIpc) is 3.50. The Bertz CT molecular complexity index is 1080. The summed E-state index contributed by atoms with van der Waals surface area (Å²) in [4.78, 5) is 0. The van der Waals surface area contributed by atoms with Crippen LogP contribution < -0.4 is 9.47 Å². The van der Waals surface area contributed by atoms with Gasteiger partial charge in [-0.15, -0.1) is 0 Å². The Balaban J connectivity index is 1.41. The highest BCUT2D eigenvalue weighted by Gasteiger charge is 2.23. The maximum absolute atomic E-state index is 6.08. The standard InChI is InChI=1S/C23H18O3/c1-2-4-18-11-21(9-6-16(18)3-1)26-22-10-7-17-5-8-20(12-19(17)13-22)24-14-23-15-25-23/h1-13,23H,14-15H2. The lowest BCUT2D eigenvalue weighted by molar-refractivity contribution is 0.263. The van der Waals surface area contributed by atoms with E-state index >= 15 is 0 Å². The number of hydrogen-bond acceptors (Lipinski definition) is 3. The molecule has 0 bridgehead atoms. The van der Waals surface area contributed by atoms with E-state index < -0.39 is 0 Å². The van der Waals surface area contributed by atoms with E-state index in [2.05, 4.69) is 36.4 Å². The van der Waals surface area contributed by atoms with E-state index in [1.54, 1.807) is 0 Å². The smallest absolute Gasteiger partial charge is 0.128 e. The van der Waals surface area contributed by atoms with Crippen LogP contribution in [0.2, 0.25) is 0 Å². The molecular weight excluding hydrogens is 324 g/mol. The maximum atomic E-state index is 6.08. The average molecular weight is 342 g/mol. The van der Waals surface area contributed by atoms with Gasteiger partial charge in [0.25, 0.3) is 0 Å². The van der Waals surface area contributed by atoms with Gasteiger partial charge >= 0.3 is 0 Å². The Morgan fingerprint density at radius 2 is 1.27 bits per heavy atom. The normalized spacial score (nSPS) is 15.9. The van der Waals surface area contributed by atoms with Crippen LogP contribution in [0.4, 0.5) is 0 Å². The van der Waals surface area contributed by atoms with Gasteiger partial charge in [-0.05, 0) is 57.9 Å². The van der Waals surface area contributed by atoms with Crippen molar-refractivity contribution in [1.82, 2.24) is 0 Å². The molecule has 4 aromatic carbocycles. The van der Waals surface area contributed by atoms with E-state index in [-0.39, 0.29) is 6.10 Å². The quantitative estimate of drug-likeness (QED) is 0.445. The number of epoxide rings is 1. The molecular formula is C23H18O3. The van der Waals surface area contributed by atoms with Gasteiger partial charge in [0.2, 0.25) is 0 Å². The first-order valence-electron chi connectivity index (χ1n) is 8.78. The summed E-state index contributed by atoms with van der Waals surface area (Å²) in [6, 6.07) is 26.6. The van der Waals surface area contributed by atoms with Crippen LogP contribution in [-0.2, 0) is 4.74 Å². The lowest BCUT2D eigenvalue weighted by Gasteiger charge is -2.09. The largest absolute Gasteiger partial charge is 0.491 e. The zero-order valence-electron chi connectivity index (χ0n) is 14.2. The van der Waals surface area contributed by atoms with E-state index in [1.165, 1.54) is 10.8 Å². The molecule has 0 radical (unpaired) electrons. The Kier molecular flexibility index (Phi) is 3.72. The first kappa shape index (κ1) is 15.2. The molecule has 0 N–H and O–H groups in total. The third-order valence-corrected chi connectivity index (χ3v) is 4.58. The second-order valence-electron chi connectivity index (χ2n) is 6.55. The molecule has 0 saturated carbocycles. The predicted molar refractivity (Wildman–Crippen MR) is 103 cm³/mol. The van der Waals surface area contributed by atoms with Gasteiger partial charge in [-0.2, -0.15) is 0 Å². The van der Waals surface area contributed by atoms with Crippen LogP contribution >= 0.6 is 0 Å². The third-order valence-electron chi connectivity index (χ3n) is 4.58. The summed E-state index contributed by atoms with van der Waals surface area (Å²) in [5.41, 5.74) is 0. The van der Waals surface area contributed by atoms with Crippen LogP contribution in [0, 0.1) is 0 Å². The summed E-state index contributed by atoms with van der Waals surface area (Å²) >= 11 is 0. The lowest BCUT2D eigenvalue weighted by Crippen LogP contribution is -2.03. The molecule has 1 aliphatic heterocycles. The van der Waals surface area contributed by atoms with Crippen molar-refractivity contribution >= 4 is 21.5 Å². The highest BCUT2D eigenvalue weighted by atomic mass is 16.6. The SMILES string of the molecule is c1ccc2cc(Oc3ccc4ccc(OCC5CO5)cc4c3)ccc2c1. The van der Waals surface area contributed by atoms with E-state index in [0.717, 1.165) is 34.6 Å². The van der Waals surface area contributed by atoms with E-state index in [0.29, 0.717) is 6.61 Å². The molecule has 1 atom stereocenters. The number of ether oxygens (including phenoxy) is 3. The molecule has 4 aromatic rings. The highest BCUT2D eigenvalue weighted by Crippen LogP contribution is 2.30. The van der Waals surface area contributed by atoms with Crippen molar-refractivity contribution in [3.8, 4) is 17.2 Å². The maximum Gasteiger partial charge on any atom is 0.128 e. The molecule has 26 heavy (non-hydrogen) atoms. The fraction of sp³-hybridized carbons (Fsp3) is 0.130. The topological polar surface area (TPSA) is 31.0 Å². The summed E-state index contributed by atoms with van der Waals surface area (Å²) in [5, 5.41) is 4.63. The summed E-state index contributed by atoms with van der Waals surface area (Å²) < 4.78 is 17.0. The molecule has 1 heterocycles. The molecule has 3 nitrogen and oxygen atoms in total. The van der Waals surface area contributed by atoms with Gasteiger partial charge in [-0.25, -0.2) is 0 Å². The molecule has 1 unspecified atom stereocenters. The Hall–Kier alpha value is -3.04. The van der Waals surface area contributed by atoms with Gasteiger partial charge in [0.15, 0.2) is 0 Å². The molecule has 0 aliphatic carbocycles. The van der Waals surface area contributed by atoms with Crippen LogP contribution in [0.5, 0.6) is 17.2 Å². The van der Waals surface area contributed by atoms with Crippen molar-refractivity contribution < 1.29 is 14.2 Å². The Labute approximate surface area is 151 Å². The van der Waals surface area contributed by atoms with Crippen molar-refractivity contribution in [2.24, 2.45) is 0 Å². The molecule has 1 aliphatic rings. The molecule has 0 aromatic heterocycles. The summed E-state index contributed by atoms with van der Waals surface area (Å²) in [6.45, 7) is 1.41. The summed E-state index contributed by atoms with van der Waals surface area (Å²) in [6.07, 6.45) is 0.258. The molecule has 0 amide bonds. The van der Waals surface area contributed by atoms with Gasteiger partial charge in [-0.3, -0.25) is 0 Å². The second-order valence-corrected chi connectivity index (χ2v) is 6.55. The Morgan fingerprint density at radius 3 is 2.00 bits per heavy atom. The molecule has 128 valence electrons. The summed E-state index contributed by atoms with van der Waals surface area (Å²) in [5.74, 6) is 2.51. The highest BCUT2D eigenvalue weighted by molar-refractivity contribution is 5.86. The molecule has 5 rings (SSSR count). The fourth-order valence-electron chi connectivity index (χ4n) is 3.08. The minimum absolute atomic E-state index is 0.258. The zero-order valence-corrected chi connectivity index (χ0v) is 14.2. The van der Waals surface area contributed by atoms with Crippen LogP contribution in [0.3, 0.4) is 0 Å². The molecule has 1 saturated heterocycles. The van der Waals surface area contributed by atoms with E-state index in [4.69, 9.17) is 14.2 Å². The minimum atomic E-state index is 0.258. The zero-order chi connectivity index (χ0) is 17.3. The van der Waals surface area contributed by atoms with Gasteiger partial charge in [0.05, 0.1) is 6.61 Å². The van der Waals surface area contributed by atoms with E-state index in [1.807, 2.05) is 42.5 Å². The van der Waals surface area contributed by atoms with Crippen molar-refractivity contribution in [3.05, 3.63) is 78.9 Å². The monoisotopic (exact) mass is 342 g/mol. The lowest BCUT2D eigenvalue weighted by atomic mass is 10.1. The molecule has 0 spiro atoms. The Morgan fingerprint density at radius 1 is 0.692 bits per heavy atom. The molecule has 3 heteroatoms. The number of hydrogen-bond donors (Lipinski definition) is 0. The number of rotatable bonds is 5. The predicted octanol–water partition coefficient (Wildman–Crippen LogP) is 5.56. The first-order valence-corrected chi connectivity index (χ1v) is 8.78. The second kappa shape index (κ2) is 6.36. The number of benzene rings is 4. The van der Waals surface area contributed by atoms with Gasteiger partial charge < -0.3 is 14.2 Å². The van der Waals surface area contributed by atoms with Crippen LogP contribution in [0.15, 0.2) is 78.9 Å². The number of fused-ring (bicyclic) bond motifs is 2. The van der Waals surface area contributed by atoms with Gasteiger partial charge in [0.1, 0.15) is 30.0 Å². The third kappa shape index (κ3) is 3.22. The van der Waals surface area contributed by atoms with Crippen LogP contribution in [-0.4, -0.2) is 19.3 Å². The first-order chi connectivity index (χ1) is 12.8. The minimum Gasteiger partial charge on any atom is -0.491 e. The van der Waals surface area contributed by atoms with Crippen molar-refractivity contribution in [2.45, 2.75) is 6.10 Å².